The van der Waals surface area contributed by atoms with E-state index in [0.29, 0.717) is 17.9 Å². The van der Waals surface area contributed by atoms with Crippen molar-refractivity contribution in [3.05, 3.63) is 0 Å². The van der Waals surface area contributed by atoms with Gasteiger partial charge < -0.3 is 15.4 Å². The van der Waals surface area contributed by atoms with E-state index < -0.39 is 5.60 Å². The number of hydrogen-bond acceptors (Lipinski definition) is 3. The van der Waals surface area contributed by atoms with Gasteiger partial charge >= 0.3 is 6.09 Å². The van der Waals surface area contributed by atoms with Gasteiger partial charge in [-0.05, 0) is 52.1 Å². The molecule has 1 saturated carbocycles. The standard InChI is InChI=1S/C11H20N2O2/c1-11(2,3)15-10(14)13-9-7-4-8(9)6-12-5-7/h7-9,12H,4-6H2,1-3H3,(H,13,14)/t7-,8-/m1/s1. The summed E-state index contributed by atoms with van der Waals surface area (Å²) in [5, 5.41) is 6.32. The Morgan fingerprint density at radius 3 is 2.40 bits per heavy atom. The summed E-state index contributed by atoms with van der Waals surface area (Å²) in [6, 6.07) is 0.334. The number of fused-ring (bicyclic) bond motifs is 2. The van der Waals surface area contributed by atoms with Crippen molar-refractivity contribution in [2.45, 2.75) is 38.8 Å². The summed E-state index contributed by atoms with van der Waals surface area (Å²) in [7, 11) is 0. The molecule has 15 heavy (non-hydrogen) atoms. The smallest absolute Gasteiger partial charge is 0.407 e. The van der Waals surface area contributed by atoms with Gasteiger partial charge in [0, 0.05) is 6.04 Å². The zero-order valence-corrected chi connectivity index (χ0v) is 9.67. The van der Waals surface area contributed by atoms with Gasteiger partial charge in [0.25, 0.3) is 0 Å². The first kappa shape index (κ1) is 10.7. The number of hydrogen-bond donors (Lipinski definition) is 2. The van der Waals surface area contributed by atoms with Gasteiger partial charge in [-0.2, -0.15) is 0 Å². The third-order valence-corrected chi connectivity index (χ3v) is 3.12. The zero-order valence-electron chi connectivity index (χ0n) is 9.67. The zero-order chi connectivity index (χ0) is 11.1. The predicted molar refractivity (Wildman–Crippen MR) is 57.6 cm³/mol. The van der Waals surface area contributed by atoms with Crippen molar-refractivity contribution in [3.63, 3.8) is 0 Å². The summed E-state index contributed by atoms with van der Waals surface area (Å²) in [6.07, 6.45) is 0.970. The molecule has 0 spiro atoms. The molecule has 0 radical (unpaired) electrons. The predicted octanol–water partition coefficient (Wildman–Crippen LogP) is 1.12. The normalized spacial score (nSPS) is 34.2. The Morgan fingerprint density at radius 2 is 1.93 bits per heavy atom. The summed E-state index contributed by atoms with van der Waals surface area (Å²) >= 11 is 0. The number of rotatable bonds is 1. The molecule has 4 nitrogen and oxygen atoms in total. The van der Waals surface area contributed by atoms with Crippen molar-refractivity contribution in [1.82, 2.24) is 10.6 Å². The van der Waals surface area contributed by atoms with Crippen LogP contribution in [0.1, 0.15) is 27.2 Å². The van der Waals surface area contributed by atoms with Gasteiger partial charge in [-0.15, -0.1) is 0 Å². The molecule has 0 unspecified atom stereocenters. The van der Waals surface area contributed by atoms with Crippen LogP contribution in [0, 0.1) is 11.8 Å². The number of nitrogens with one attached hydrogen (secondary N) is 2. The van der Waals surface area contributed by atoms with Gasteiger partial charge in [-0.25, -0.2) is 4.79 Å². The monoisotopic (exact) mass is 212 g/mol. The molecule has 0 aromatic carbocycles. The molecule has 0 aromatic rings. The number of carbonyl (C=O) groups is 1. The maximum absolute atomic E-state index is 11.5. The molecule has 3 aliphatic rings. The van der Waals surface area contributed by atoms with E-state index in [1.807, 2.05) is 20.8 Å². The molecule has 4 heteroatoms. The molecule has 3 rings (SSSR count). The maximum atomic E-state index is 11.5. The van der Waals surface area contributed by atoms with Crippen LogP contribution < -0.4 is 10.6 Å². The lowest BCUT2D eigenvalue weighted by atomic mass is 9.67. The average Bonchev–Trinajstić information content (AvgIpc) is 2.12. The summed E-state index contributed by atoms with van der Waals surface area (Å²) in [4.78, 5) is 11.5. The van der Waals surface area contributed by atoms with Crippen LogP contribution in [0.15, 0.2) is 0 Å². The third-order valence-electron chi connectivity index (χ3n) is 3.12. The molecular formula is C11H20N2O2. The van der Waals surface area contributed by atoms with Gasteiger partial charge in [0.15, 0.2) is 0 Å². The van der Waals surface area contributed by atoms with Crippen molar-refractivity contribution in [2.24, 2.45) is 11.8 Å². The minimum Gasteiger partial charge on any atom is -0.444 e. The molecule has 2 heterocycles. The molecule has 2 atom stereocenters. The van der Waals surface area contributed by atoms with E-state index in [-0.39, 0.29) is 6.09 Å². The average molecular weight is 212 g/mol. The van der Waals surface area contributed by atoms with Gasteiger partial charge in [0.05, 0.1) is 0 Å². The SMILES string of the molecule is CC(C)(C)OC(=O)NC1[C@H]2CNC[C@H]1C2. The van der Waals surface area contributed by atoms with Crippen molar-refractivity contribution in [3.8, 4) is 0 Å². The molecule has 3 fully saturated rings. The van der Waals surface area contributed by atoms with Gasteiger partial charge in [-0.1, -0.05) is 0 Å². The first-order chi connectivity index (χ1) is 6.96. The first-order valence-corrected chi connectivity index (χ1v) is 5.66. The van der Waals surface area contributed by atoms with Crippen molar-refractivity contribution in [1.29, 1.82) is 0 Å². The van der Waals surface area contributed by atoms with Crippen LogP contribution in [0.2, 0.25) is 0 Å². The molecule has 2 aliphatic heterocycles. The summed E-state index contributed by atoms with van der Waals surface area (Å²) in [5.74, 6) is 1.22. The van der Waals surface area contributed by atoms with Gasteiger partial charge in [0.2, 0.25) is 0 Å². The number of amides is 1. The molecule has 86 valence electrons. The minimum absolute atomic E-state index is 0.274. The Labute approximate surface area is 90.8 Å². The summed E-state index contributed by atoms with van der Waals surface area (Å²) in [6.45, 7) is 7.70. The fraction of sp³-hybridized carbons (Fsp3) is 0.909. The largest absolute Gasteiger partial charge is 0.444 e. The Kier molecular flexibility index (Phi) is 2.63. The van der Waals surface area contributed by atoms with Crippen LogP contribution in [0.4, 0.5) is 4.79 Å². The second-order valence-corrected chi connectivity index (χ2v) is 5.59. The maximum Gasteiger partial charge on any atom is 0.407 e. The van der Waals surface area contributed by atoms with E-state index in [1.165, 1.54) is 6.42 Å². The van der Waals surface area contributed by atoms with E-state index in [0.717, 1.165) is 13.1 Å². The van der Waals surface area contributed by atoms with Crippen LogP contribution in [-0.4, -0.2) is 30.8 Å². The molecule has 1 aliphatic carbocycles. The Bertz CT molecular complexity index is 246. The Hall–Kier alpha value is -0.770. The van der Waals surface area contributed by atoms with Crippen LogP contribution in [-0.2, 0) is 4.74 Å². The highest BCUT2D eigenvalue weighted by Gasteiger charge is 2.44. The Morgan fingerprint density at radius 1 is 1.33 bits per heavy atom. The Balaban J connectivity index is 1.80. The van der Waals surface area contributed by atoms with Crippen molar-refractivity contribution in [2.75, 3.05) is 13.1 Å². The van der Waals surface area contributed by atoms with E-state index in [2.05, 4.69) is 10.6 Å². The van der Waals surface area contributed by atoms with E-state index in [4.69, 9.17) is 4.74 Å². The number of alkyl carbamates (subject to hydrolysis) is 1. The minimum atomic E-state index is -0.402. The van der Waals surface area contributed by atoms with E-state index >= 15 is 0 Å². The summed E-state index contributed by atoms with van der Waals surface area (Å²) in [5.41, 5.74) is -0.402. The number of piperidine rings is 2. The summed E-state index contributed by atoms with van der Waals surface area (Å²) < 4.78 is 5.24. The van der Waals surface area contributed by atoms with Crippen LogP contribution in [0.25, 0.3) is 0 Å². The van der Waals surface area contributed by atoms with Crippen molar-refractivity contribution >= 4 is 6.09 Å². The second-order valence-electron chi connectivity index (χ2n) is 5.59. The highest BCUT2D eigenvalue weighted by molar-refractivity contribution is 5.68. The van der Waals surface area contributed by atoms with Crippen LogP contribution >= 0.6 is 0 Å². The fourth-order valence-corrected chi connectivity index (χ4v) is 2.43. The molecule has 2 bridgehead atoms. The lowest BCUT2D eigenvalue weighted by Gasteiger charge is -2.49. The van der Waals surface area contributed by atoms with E-state index in [9.17, 15) is 4.79 Å². The number of ether oxygens (including phenoxy) is 1. The fourth-order valence-electron chi connectivity index (χ4n) is 2.43. The van der Waals surface area contributed by atoms with Gasteiger partial charge in [-0.3, -0.25) is 0 Å². The van der Waals surface area contributed by atoms with Crippen molar-refractivity contribution < 1.29 is 9.53 Å². The first-order valence-electron chi connectivity index (χ1n) is 5.66. The lowest BCUT2D eigenvalue weighted by Crippen LogP contribution is -2.63. The van der Waals surface area contributed by atoms with Crippen LogP contribution in [0.3, 0.4) is 0 Å². The molecule has 2 saturated heterocycles. The molecular weight excluding hydrogens is 192 g/mol. The molecule has 0 aromatic heterocycles. The third kappa shape index (κ3) is 2.43. The van der Waals surface area contributed by atoms with Crippen LogP contribution in [0.5, 0.6) is 0 Å². The quantitative estimate of drug-likeness (QED) is 0.685. The number of carbonyl (C=O) groups excluding carboxylic acids is 1. The lowest BCUT2D eigenvalue weighted by molar-refractivity contribution is 0.0236. The highest BCUT2D eigenvalue weighted by Crippen LogP contribution is 2.36. The second kappa shape index (κ2) is 3.67. The highest BCUT2D eigenvalue weighted by atomic mass is 16.6. The molecule has 1 amide bonds. The topological polar surface area (TPSA) is 50.4 Å². The molecule has 2 N–H and O–H groups in total. The van der Waals surface area contributed by atoms with E-state index in [1.54, 1.807) is 0 Å². The van der Waals surface area contributed by atoms with Gasteiger partial charge in [0.1, 0.15) is 5.60 Å².